The van der Waals surface area contributed by atoms with Crippen LogP contribution in [0.5, 0.6) is 0 Å². The van der Waals surface area contributed by atoms with Crippen molar-refractivity contribution >= 4 is 30.3 Å². The Balaban J connectivity index is 1.85. The highest BCUT2D eigenvalue weighted by Gasteiger charge is 2.17. The number of aromatic amines is 4. The molecule has 210 valence electrons. The molecule has 5 heterocycles. The molecule has 0 atom stereocenters. The number of carbonyl (C=O) groups excluding carboxylic acids is 1. The smallest absolute Gasteiger partial charge is 0.306 e. The second-order valence-electron chi connectivity index (χ2n) is 11.0. The zero-order valence-corrected chi connectivity index (χ0v) is 25.2. The molecule has 5 rings (SSSR count). The second-order valence-corrected chi connectivity index (χ2v) is 11.0. The first-order valence-corrected chi connectivity index (χ1v) is 14.5. The number of aromatic nitrogens is 4. The zero-order valence-electron chi connectivity index (χ0n) is 25.2. The summed E-state index contributed by atoms with van der Waals surface area (Å²) in [7, 11) is 0. The Labute approximate surface area is 236 Å². The van der Waals surface area contributed by atoms with E-state index in [1.807, 2.05) is 6.92 Å². The van der Waals surface area contributed by atoms with Crippen LogP contribution in [0.25, 0.3) is 24.3 Å². The van der Waals surface area contributed by atoms with Crippen molar-refractivity contribution in [2.24, 2.45) is 0 Å². The predicted molar refractivity (Wildman–Crippen MR) is 163 cm³/mol. The molecule has 0 saturated heterocycles. The van der Waals surface area contributed by atoms with E-state index in [0.29, 0.717) is 19.4 Å². The third-order valence-corrected chi connectivity index (χ3v) is 8.74. The number of ether oxygens (including phenoxy) is 1. The van der Waals surface area contributed by atoms with Crippen molar-refractivity contribution in [3.8, 4) is 0 Å². The molecule has 0 radical (unpaired) electrons. The molecule has 0 spiro atoms. The third kappa shape index (κ3) is 4.80. The fourth-order valence-electron chi connectivity index (χ4n) is 6.14. The summed E-state index contributed by atoms with van der Waals surface area (Å²) in [4.78, 5) is 27.1. The Morgan fingerprint density at radius 2 is 1.05 bits per heavy atom. The molecule has 0 amide bonds. The molecule has 4 aromatic heterocycles. The fraction of sp³-hybridized carbons (Fsp3) is 0.382. The maximum atomic E-state index is 12.3. The average molecular weight is 539 g/mol. The van der Waals surface area contributed by atoms with Crippen LogP contribution in [0.15, 0.2) is 0 Å². The molecule has 0 aromatic carbocycles. The zero-order chi connectivity index (χ0) is 28.7. The van der Waals surface area contributed by atoms with Gasteiger partial charge in [-0.15, -0.1) is 0 Å². The summed E-state index contributed by atoms with van der Waals surface area (Å²) in [6.45, 7) is 17.6. The molecule has 6 nitrogen and oxygen atoms in total. The minimum absolute atomic E-state index is 0.164. The van der Waals surface area contributed by atoms with Crippen LogP contribution in [0.1, 0.15) is 94.5 Å². The Morgan fingerprint density at radius 1 is 0.575 bits per heavy atom. The van der Waals surface area contributed by atoms with E-state index < -0.39 is 0 Å². The number of hydrogen-bond acceptors (Lipinski definition) is 2. The van der Waals surface area contributed by atoms with Crippen LogP contribution < -0.4 is 21.4 Å². The Kier molecular flexibility index (Phi) is 7.54. The predicted octanol–water partition coefficient (Wildman–Crippen LogP) is 3.79. The summed E-state index contributed by atoms with van der Waals surface area (Å²) in [6, 6.07) is 0. The van der Waals surface area contributed by atoms with Crippen LogP contribution in [-0.2, 0) is 28.8 Å². The van der Waals surface area contributed by atoms with E-state index in [0.717, 1.165) is 68.1 Å². The Hall–Kier alpha value is -3.93. The van der Waals surface area contributed by atoms with E-state index in [2.05, 4.69) is 92.7 Å². The lowest BCUT2D eigenvalue weighted by molar-refractivity contribution is -0.143. The van der Waals surface area contributed by atoms with Crippen LogP contribution in [0.4, 0.5) is 0 Å². The molecular formula is C34H42N4O2. The molecule has 0 unspecified atom stereocenters. The number of H-pyrrole nitrogens is 4. The number of nitrogens with one attached hydrogen (secondary N) is 4. The summed E-state index contributed by atoms with van der Waals surface area (Å²) < 4.78 is 5.24. The van der Waals surface area contributed by atoms with Gasteiger partial charge in [-0.1, -0.05) is 13.8 Å². The Morgan fingerprint density at radius 3 is 1.62 bits per heavy atom. The van der Waals surface area contributed by atoms with Gasteiger partial charge >= 0.3 is 5.97 Å². The topological polar surface area (TPSA) is 89.5 Å². The van der Waals surface area contributed by atoms with Gasteiger partial charge in [0.2, 0.25) is 0 Å². The highest BCUT2D eigenvalue weighted by molar-refractivity contribution is 5.71. The first-order chi connectivity index (χ1) is 19.2. The Bertz CT molecular complexity index is 1850. The molecule has 4 aromatic rings. The third-order valence-electron chi connectivity index (χ3n) is 8.74. The normalized spacial score (nSPS) is 12.4. The lowest BCUT2D eigenvalue weighted by atomic mass is 10.0. The van der Waals surface area contributed by atoms with E-state index >= 15 is 0 Å². The van der Waals surface area contributed by atoms with Crippen LogP contribution in [0.3, 0.4) is 0 Å². The first kappa shape index (κ1) is 27.6. The van der Waals surface area contributed by atoms with Gasteiger partial charge in [0.25, 0.3) is 0 Å². The molecule has 6 heteroatoms. The highest BCUT2D eigenvalue weighted by atomic mass is 16.5. The van der Waals surface area contributed by atoms with Gasteiger partial charge in [-0.2, -0.15) is 0 Å². The molecular weight excluding hydrogens is 496 g/mol. The molecule has 8 bridgehead atoms. The first-order valence-electron chi connectivity index (χ1n) is 14.5. The minimum Gasteiger partial charge on any atom is -0.466 e. The van der Waals surface area contributed by atoms with Gasteiger partial charge in [0.1, 0.15) is 0 Å². The minimum atomic E-state index is -0.164. The lowest BCUT2D eigenvalue weighted by Gasteiger charge is -2.04. The molecule has 0 saturated carbocycles. The summed E-state index contributed by atoms with van der Waals surface area (Å²) in [5.74, 6) is -0.164. The van der Waals surface area contributed by atoms with Crippen molar-refractivity contribution in [2.45, 2.75) is 81.1 Å². The van der Waals surface area contributed by atoms with Gasteiger partial charge in [-0.25, -0.2) is 0 Å². The van der Waals surface area contributed by atoms with E-state index in [1.54, 1.807) is 0 Å². The summed E-state index contributed by atoms with van der Waals surface area (Å²) >= 11 is 0. The average Bonchev–Trinajstić information content (AvgIpc) is 3.57. The molecule has 0 aliphatic carbocycles. The van der Waals surface area contributed by atoms with E-state index in [9.17, 15) is 4.79 Å². The van der Waals surface area contributed by atoms with Gasteiger partial charge < -0.3 is 24.7 Å². The number of hydrogen-bond donors (Lipinski definition) is 4. The van der Waals surface area contributed by atoms with Crippen LogP contribution in [0, 0.1) is 34.6 Å². The number of carbonyl (C=O) groups is 1. The van der Waals surface area contributed by atoms with Crippen molar-refractivity contribution < 1.29 is 9.53 Å². The van der Waals surface area contributed by atoms with E-state index in [1.165, 1.54) is 33.4 Å². The second kappa shape index (κ2) is 10.9. The summed E-state index contributed by atoms with van der Waals surface area (Å²) in [5, 5.41) is 4.42. The maximum absolute atomic E-state index is 12.3. The SMILES string of the molecule is CCOC(=O)CCc1c2[nH]c(c1C)C=c1[nH]c(c(C)c1C)=Cc1[nH]c(c(CC)c1C)C=c1[nH]c(c(C)c1CC)=C2. The van der Waals surface area contributed by atoms with Crippen molar-refractivity contribution in [3.05, 3.63) is 88.7 Å². The lowest BCUT2D eigenvalue weighted by Crippen LogP contribution is -2.13. The molecule has 1 aliphatic rings. The number of rotatable bonds is 6. The number of fused-ring (bicyclic) bond motifs is 8. The monoisotopic (exact) mass is 538 g/mol. The fourth-order valence-corrected chi connectivity index (χ4v) is 6.14. The van der Waals surface area contributed by atoms with Gasteiger partial charge in [-0.05, 0) is 130 Å². The quantitative estimate of drug-likeness (QED) is 0.248. The van der Waals surface area contributed by atoms with E-state index in [4.69, 9.17) is 4.74 Å². The van der Waals surface area contributed by atoms with Crippen LogP contribution >= 0.6 is 0 Å². The van der Waals surface area contributed by atoms with Crippen LogP contribution in [0.2, 0.25) is 0 Å². The van der Waals surface area contributed by atoms with E-state index in [-0.39, 0.29) is 5.97 Å². The highest BCUT2D eigenvalue weighted by Crippen LogP contribution is 2.23. The van der Waals surface area contributed by atoms with Crippen molar-refractivity contribution in [1.29, 1.82) is 0 Å². The summed E-state index contributed by atoms with van der Waals surface area (Å²) in [6.07, 6.45) is 11.8. The van der Waals surface area contributed by atoms with Crippen molar-refractivity contribution in [3.63, 3.8) is 0 Å². The summed E-state index contributed by atoms with van der Waals surface area (Å²) in [5.41, 5.74) is 14.3. The van der Waals surface area contributed by atoms with Crippen molar-refractivity contribution in [1.82, 2.24) is 19.9 Å². The molecule has 40 heavy (non-hydrogen) atoms. The standard InChI is InChI=1S/C34H42N4O2/c1-9-23-20(6)28-14-26-18(4)19(5)27(35-26)15-29-22(8)25(12-13-34(39)40-11-3)33(38-29)16-30-21(7)24(10-2)32(37-30)17-31(23)36-28/h14-17,35-38H,9-13H2,1-8H3. The van der Waals surface area contributed by atoms with Gasteiger partial charge in [0, 0.05) is 50.6 Å². The van der Waals surface area contributed by atoms with Gasteiger partial charge in [-0.3, -0.25) is 4.79 Å². The molecule has 1 aliphatic heterocycles. The molecule has 4 N–H and O–H groups in total. The molecule has 0 fully saturated rings. The number of esters is 1. The van der Waals surface area contributed by atoms with Crippen LogP contribution in [-0.4, -0.2) is 32.5 Å². The largest absolute Gasteiger partial charge is 0.466 e. The van der Waals surface area contributed by atoms with Gasteiger partial charge in [0.05, 0.1) is 6.61 Å². The van der Waals surface area contributed by atoms with Crippen molar-refractivity contribution in [2.75, 3.05) is 6.61 Å². The van der Waals surface area contributed by atoms with Gasteiger partial charge in [0.15, 0.2) is 0 Å². The maximum Gasteiger partial charge on any atom is 0.306 e.